The maximum Gasteiger partial charge on any atom is 0.416 e. The van der Waals surface area contributed by atoms with Crippen LogP contribution in [-0.2, 0) is 17.4 Å². The zero-order valence-corrected chi connectivity index (χ0v) is 15.1. The van der Waals surface area contributed by atoms with Gasteiger partial charge < -0.3 is 0 Å². The molecule has 4 nitrogen and oxygen atoms in total. The minimum Gasteiger partial charge on any atom is -0.297 e. The van der Waals surface area contributed by atoms with Crippen molar-refractivity contribution in [3.63, 3.8) is 0 Å². The summed E-state index contributed by atoms with van der Waals surface area (Å²) in [5.74, 6) is -0.312. The second-order valence-electron chi connectivity index (χ2n) is 5.99. The number of alkyl halides is 3. The molecule has 8 heteroatoms. The van der Waals surface area contributed by atoms with Gasteiger partial charge in [0.1, 0.15) is 11.7 Å². The van der Waals surface area contributed by atoms with Crippen LogP contribution in [0.4, 0.5) is 13.2 Å². The van der Waals surface area contributed by atoms with Crippen LogP contribution in [0.25, 0.3) is 10.6 Å². The number of Topliss-reactive ketones (excluding diaryl/α,β-unsaturated/α-hetero) is 1. The molecule has 0 aliphatic rings. The van der Waals surface area contributed by atoms with E-state index in [-0.39, 0.29) is 12.2 Å². The van der Waals surface area contributed by atoms with Crippen molar-refractivity contribution in [2.75, 3.05) is 0 Å². The molecule has 0 bridgehead atoms. The fraction of sp³-hybridized carbons (Fsp3) is 0.211. The van der Waals surface area contributed by atoms with Gasteiger partial charge in [-0.15, -0.1) is 11.3 Å². The number of rotatable bonds is 5. The summed E-state index contributed by atoms with van der Waals surface area (Å²) in [6.45, 7) is 1.55. The summed E-state index contributed by atoms with van der Waals surface area (Å²) >= 11 is 1.46. The number of nitrogens with zero attached hydrogens (tertiary/aromatic N) is 2. The molecule has 0 spiro atoms. The SMILES string of the molecule is CC(C(=O)Cc1ccc(C(F)(F)F)cc1)n1nc(-c2cccs2)ccc1=O. The van der Waals surface area contributed by atoms with E-state index in [1.807, 2.05) is 17.5 Å². The molecular formula is C19H15F3N2O2S. The van der Waals surface area contributed by atoms with Crippen LogP contribution in [0.2, 0.25) is 0 Å². The smallest absolute Gasteiger partial charge is 0.297 e. The maximum atomic E-state index is 12.6. The van der Waals surface area contributed by atoms with Crippen molar-refractivity contribution in [2.24, 2.45) is 0 Å². The minimum absolute atomic E-state index is 0.0867. The summed E-state index contributed by atoms with van der Waals surface area (Å²) in [6, 6.07) is 10.2. The normalized spacial score (nSPS) is 12.7. The summed E-state index contributed by atoms with van der Waals surface area (Å²) in [7, 11) is 0. The van der Waals surface area contributed by atoms with Crippen LogP contribution in [0.3, 0.4) is 0 Å². The lowest BCUT2D eigenvalue weighted by Gasteiger charge is -2.14. The van der Waals surface area contributed by atoms with Crippen LogP contribution < -0.4 is 5.56 Å². The highest BCUT2D eigenvalue weighted by Crippen LogP contribution is 2.29. The van der Waals surface area contributed by atoms with Crippen LogP contribution in [-0.4, -0.2) is 15.6 Å². The Bertz CT molecular complexity index is 993. The number of thiophene rings is 1. The zero-order valence-electron chi connectivity index (χ0n) is 14.2. The van der Waals surface area contributed by atoms with Gasteiger partial charge >= 0.3 is 6.18 Å². The van der Waals surface area contributed by atoms with E-state index in [4.69, 9.17) is 0 Å². The Hall–Kier alpha value is -2.74. The van der Waals surface area contributed by atoms with Crippen LogP contribution in [0.1, 0.15) is 24.1 Å². The molecule has 0 fully saturated rings. The molecule has 1 aromatic carbocycles. The van der Waals surface area contributed by atoms with Gasteiger partial charge in [-0.05, 0) is 42.1 Å². The number of aromatic nitrogens is 2. The van der Waals surface area contributed by atoms with E-state index in [9.17, 15) is 22.8 Å². The average Bonchev–Trinajstić information content (AvgIpc) is 3.16. The zero-order chi connectivity index (χ0) is 19.6. The van der Waals surface area contributed by atoms with Crippen molar-refractivity contribution in [1.82, 2.24) is 9.78 Å². The summed E-state index contributed by atoms with van der Waals surface area (Å²) in [5, 5.41) is 6.15. The molecule has 3 rings (SSSR count). The van der Waals surface area contributed by atoms with E-state index in [1.54, 1.807) is 13.0 Å². The fourth-order valence-electron chi connectivity index (χ4n) is 2.56. The lowest BCUT2D eigenvalue weighted by atomic mass is 10.0. The van der Waals surface area contributed by atoms with Gasteiger partial charge in [0.05, 0.1) is 10.4 Å². The van der Waals surface area contributed by atoms with Gasteiger partial charge in [0.25, 0.3) is 5.56 Å². The van der Waals surface area contributed by atoms with Gasteiger partial charge in [-0.3, -0.25) is 9.59 Å². The molecule has 27 heavy (non-hydrogen) atoms. The van der Waals surface area contributed by atoms with E-state index in [1.165, 1.54) is 29.5 Å². The quantitative estimate of drug-likeness (QED) is 0.648. The van der Waals surface area contributed by atoms with Crippen LogP contribution in [0, 0.1) is 0 Å². The number of halogens is 3. The highest BCUT2D eigenvalue weighted by molar-refractivity contribution is 7.13. The number of carbonyl (C=O) groups is 1. The lowest BCUT2D eigenvalue weighted by molar-refractivity contribution is -0.137. The summed E-state index contributed by atoms with van der Waals surface area (Å²) in [5.41, 5.74) is -0.155. The van der Waals surface area contributed by atoms with E-state index in [0.29, 0.717) is 11.3 Å². The predicted molar refractivity (Wildman–Crippen MR) is 96.7 cm³/mol. The lowest BCUT2D eigenvalue weighted by Crippen LogP contribution is -2.30. The van der Waals surface area contributed by atoms with Crippen molar-refractivity contribution >= 4 is 17.1 Å². The number of carbonyl (C=O) groups excluding carboxylic acids is 1. The highest BCUT2D eigenvalue weighted by Gasteiger charge is 2.30. The molecule has 3 aromatic rings. The number of hydrogen-bond acceptors (Lipinski definition) is 4. The van der Waals surface area contributed by atoms with Gasteiger partial charge in [0.2, 0.25) is 0 Å². The van der Waals surface area contributed by atoms with Crippen molar-refractivity contribution in [3.8, 4) is 10.6 Å². The molecule has 2 heterocycles. The van der Waals surface area contributed by atoms with Crippen LogP contribution in [0.5, 0.6) is 0 Å². The number of ketones is 1. The topological polar surface area (TPSA) is 52.0 Å². The molecule has 0 saturated heterocycles. The molecule has 0 aliphatic heterocycles. The van der Waals surface area contributed by atoms with Crippen LogP contribution >= 0.6 is 11.3 Å². The van der Waals surface area contributed by atoms with Gasteiger partial charge in [0, 0.05) is 12.5 Å². The molecule has 1 unspecified atom stereocenters. The summed E-state index contributed by atoms with van der Waals surface area (Å²) < 4.78 is 39.0. The third-order valence-corrected chi connectivity index (χ3v) is 4.98. The van der Waals surface area contributed by atoms with E-state index in [2.05, 4.69) is 5.10 Å². The predicted octanol–water partition coefficient (Wildman–Crippen LogP) is 4.36. The first-order valence-corrected chi connectivity index (χ1v) is 8.96. The van der Waals surface area contributed by atoms with Crippen molar-refractivity contribution < 1.29 is 18.0 Å². The van der Waals surface area contributed by atoms with Crippen LogP contribution in [0.15, 0.2) is 58.7 Å². The molecule has 1 atom stereocenters. The third-order valence-electron chi connectivity index (χ3n) is 4.09. The van der Waals surface area contributed by atoms with Gasteiger partial charge in [-0.25, -0.2) is 4.68 Å². The first-order chi connectivity index (χ1) is 12.8. The highest BCUT2D eigenvalue weighted by atomic mass is 32.1. The molecule has 0 saturated carbocycles. The van der Waals surface area contributed by atoms with E-state index < -0.39 is 23.3 Å². The summed E-state index contributed by atoms with van der Waals surface area (Å²) in [6.07, 6.45) is -4.51. The van der Waals surface area contributed by atoms with Crippen molar-refractivity contribution in [2.45, 2.75) is 25.6 Å². The monoisotopic (exact) mass is 392 g/mol. The second-order valence-corrected chi connectivity index (χ2v) is 6.94. The van der Waals surface area contributed by atoms with Crippen molar-refractivity contribution in [3.05, 3.63) is 75.4 Å². The molecule has 0 aliphatic carbocycles. The first-order valence-electron chi connectivity index (χ1n) is 8.08. The Labute approximate surface area is 156 Å². The summed E-state index contributed by atoms with van der Waals surface area (Å²) in [4.78, 5) is 25.5. The van der Waals surface area contributed by atoms with Gasteiger partial charge in [0.15, 0.2) is 5.78 Å². The molecule has 2 aromatic heterocycles. The minimum atomic E-state index is -4.42. The largest absolute Gasteiger partial charge is 0.416 e. The second kappa shape index (κ2) is 7.48. The first kappa shape index (κ1) is 19.0. The molecular weight excluding hydrogens is 377 g/mol. The number of benzene rings is 1. The molecule has 0 N–H and O–H groups in total. The van der Waals surface area contributed by atoms with Crippen molar-refractivity contribution in [1.29, 1.82) is 0 Å². The Morgan fingerprint density at radius 3 is 2.44 bits per heavy atom. The van der Waals surface area contributed by atoms with E-state index >= 15 is 0 Å². The van der Waals surface area contributed by atoms with Gasteiger partial charge in [-0.2, -0.15) is 18.3 Å². The molecule has 140 valence electrons. The Morgan fingerprint density at radius 1 is 1.15 bits per heavy atom. The van der Waals surface area contributed by atoms with E-state index in [0.717, 1.165) is 21.7 Å². The fourth-order valence-corrected chi connectivity index (χ4v) is 3.25. The molecule has 0 amide bonds. The maximum absolute atomic E-state index is 12.6. The number of hydrogen-bond donors (Lipinski definition) is 0. The Morgan fingerprint density at radius 2 is 1.85 bits per heavy atom. The average molecular weight is 392 g/mol. The van der Waals surface area contributed by atoms with Gasteiger partial charge in [-0.1, -0.05) is 18.2 Å². The third kappa shape index (κ3) is 4.33. The standard InChI is InChI=1S/C19H15F3N2O2S/c1-12(16(25)11-13-4-6-14(7-5-13)19(20,21)22)24-18(26)9-8-15(23-24)17-3-2-10-27-17/h2-10,12H,11H2,1H3. The Kier molecular flexibility index (Phi) is 5.27. The Balaban J connectivity index is 1.79. The molecule has 0 radical (unpaired) electrons.